The van der Waals surface area contributed by atoms with Crippen LogP contribution >= 0.6 is 0 Å². The van der Waals surface area contributed by atoms with E-state index in [0.717, 1.165) is 22.4 Å². The van der Waals surface area contributed by atoms with Crippen LogP contribution in [0, 0.1) is 0 Å². The second kappa shape index (κ2) is 6.52. The zero-order chi connectivity index (χ0) is 16.2. The van der Waals surface area contributed by atoms with Crippen LogP contribution in [0.4, 0.5) is 0 Å². The van der Waals surface area contributed by atoms with Gasteiger partial charge >= 0.3 is 0 Å². The van der Waals surface area contributed by atoms with Crippen molar-refractivity contribution in [1.82, 2.24) is 10.3 Å². The molecule has 0 fully saturated rings. The maximum Gasteiger partial charge on any atom is 0.225 e. The molecule has 0 aliphatic heterocycles. The van der Waals surface area contributed by atoms with E-state index in [2.05, 4.69) is 10.3 Å². The van der Waals surface area contributed by atoms with Crippen LogP contribution in [-0.2, 0) is 11.2 Å². The van der Waals surface area contributed by atoms with Gasteiger partial charge in [-0.15, -0.1) is 0 Å². The summed E-state index contributed by atoms with van der Waals surface area (Å²) in [6, 6.07) is 11.1. The number of furan rings is 1. The van der Waals surface area contributed by atoms with Crippen LogP contribution < -0.4 is 10.1 Å². The van der Waals surface area contributed by atoms with Crippen LogP contribution in [0.2, 0.25) is 0 Å². The Labute approximate surface area is 134 Å². The first-order chi connectivity index (χ1) is 11.2. The lowest BCUT2D eigenvalue weighted by Crippen LogP contribution is -2.28. The van der Waals surface area contributed by atoms with Gasteiger partial charge < -0.3 is 14.5 Å². The summed E-state index contributed by atoms with van der Waals surface area (Å²) in [6.45, 7) is 1.92. The van der Waals surface area contributed by atoms with E-state index in [0.29, 0.717) is 5.58 Å². The maximum absolute atomic E-state index is 12.3. The van der Waals surface area contributed by atoms with E-state index < -0.39 is 0 Å². The fourth-order valence-electron chi connectivity index (χ4n) is 2.50. The van der Waals surface area contributed by atoms with Gasteiger partial charge in [-0.2, -0.15) is 0 Å². The molecule has 3 rings (SSSR count). The highest BCUT2D eigenvalue weighted by molar-refractivity contribution is 5.88. The number of hydrogen-bond acceptors (Lipinski definition) is 4. The minimum absolute atomic E-state index is 0.0679. The molecule has 3 aromatic rings. The number of amides is 1. The predicted molar refractivity (Wildman–Crippen MR) is 87.3 cm³/mol. The molecule has 0 aliphatic carbocycles. The number of hydrogen-bond donors (Lipinski definition) is 1. The lowest BCUT2D eigenvalue weighted by atomic mass is 10.1. The predicted octanol–water partition coefficient (Wildman–Crippen LogP) is 3.26. The van der Waals surface area contributed by atoms with Crippen molar-refractivity contribution in [2.45, 2.75) is 19.4 Å². The molecule has 0 radical (unpaired) electrons. The van der Waals surface area contributed by atoms with Crippen molar-refractivity contribution in [3.05, 3.63) is 60.1 Å². The molecule has 1 amide bonds. The summed E-state index contributed by atoms with van der Waals surface area (Å²) in [4.78, 5) is 16.5. The fraction of sp³-hybridized carbons (Fsp3) is 0.222. The zero-order valence-corrected chi connectivity index (χ0v) is 13.1. The average Bonchev–Trinajstić information content (AvgIpc) is 2.97. The van der Waals surface area contributed by atoms with E-state index in [1.54, 1.807) is 19.6 Å². The lowest BCUT2D eigenvalue weighted by molar-refractivity contribution is -0.121. The topological polar surface area (TPSA) is 64.4 Å². The minimum Gasteiger partial charge on any atom is -0.497 e. The highest BCUT2D eigenvalue weighted by Crippen LogP contribution is 2.26. The Kier molecular flexibility index (Phi) is 4.28. The van der Waals surface area contributed by atoms with E-state index >= 15 is 0 Å². The van der Waals surface area contributed by atoms with Gasteiger partial charge in [-0.1, -0.05) is 6.07 Å². The molecule has 0 aliphatic rings. The van der Waals surface area contributed by atoms with Crippen molar-refractivity contribution in [3.8, 4) is 5.75 Å². The first kappa shape index (κ1) is 15.1. The van der Waals surface area contributed by atoms with Crippen LogP contribution in [0.3, 0.4) is 0 Å². The molecule has 0 saturated carbocycles. The molecule has 118 valence electrons. The Morgan fingerprint density at radius 1 is 1.35 bits per heavy atom. The van der Waals surface area contributed by atoms with Crippen LogP contribution in [-0.4, -0.2) is 18.0 Å². The van der Waals surface area contributed by atoms with Gasteiger partial charge in [0.1, 0.15) is 11.3 Å². The molecular formula is C18H18N2O3. The summed E-state index contributed by atoms with van der Waals surface area (Å²) >= 11 is 0. The molecular weight excluding hydrogens is 292 g/mol. The molecule has 2 aromatic heterocycles. The minimum atomic E-state index is -0.137. The normalized spacial score (nSPS) is 12.1. The zero-order valence-electron chi connectivity index (χ0n) is 13.1. The van der Waals surface area contributed by atoms with Gasteiger partial charge in [-0.25, -0.2) is 0 Å². The number of methoxy groups -OCH3 is 1. The van der Waals surface area contributed by atoms with Gasteiger partial charge in [0.15, 0.2) is 0 Å². The number of carbonyl (C=O) groups is 1. The Morgan fingerprint density at radius 2 is 2.22 bits per heavy atom. The molecule has 23 heavy (non-hydrogen) atoms. The summed E-state index contributed by atoms with van der Waals surface area (Å²) in [5, 5.41) is 3.88. The van der Waals surface area contributed by atoms with Gasteiger partial charge in [0.05, 0.1) is 31.5 Å². The van der Waals surface area contributed by atoms with Gasteiger partial charge in [0, 0.05) is 23.2 Å². The highest BCUT2D eigenvalue weighted by Gasteiger charge is 2.14. The number of ether oxygens (including phenoxy) is 1. The second-order valence-electron chi connectivity index (χ2n) is 5.34. The van der Waals surface area contributed by atoms with Crippen molar-refractivity contribution in [3.63, 3.8) is 0 Å². The second-order valence-corrected chi connectivity index (χ2v) is 5.34. The third kappa shape index (κ3) is 3.34. The summed E-state index contributed by atoms with van der Waals surface area (Å²) in [5.41, 5.74) is 2.40. The van der Waals surface area contributed by atoms with Crippen molar-refractivity contribution in [2.75, 3.05) is 7.11 Å². The lowest BCUT2D eigenvalue weighted by Gasteiger charge is -2.12. The average molecular weight is 310 g/mol. The molecule has 0 unspecified atom stereocenters. The number of nitrogens with zero attached hydrogens (tertiary/aromatic N) is 1. The summed E-state index contributed by atoms with van der Waals surface area (Å²) in [5.74, 6) is 0.660. The summed E-state index contributed by atoms with van der Waals surface area (Å²) < 4.78 is 10.7. The smallest absolute Gasteiger partial charge is 0.225 e. The maximum atomic E-state index is 12.3. The largest absolute Gasteiger partial charge is 0.497 e. The van der Waals surface area contributed by atoms with E-state index in [1.807, 2.05) is 43.3 Å². The van der Waals surface area contributed by atoms with Crippen molar-refractivity contribution >= 4 is 16.9 Å². The molecule has 0 spiro atoms. The van der Waals surface area contributed by atoms with E-state index in [1.165, 1.54) is 0 Å². The molecule has 1 aromatic carbocycles. The summed E-state index contributed by atoms with van der Waals surface area (Å²) in [7, 11) is 1.61. The van der Waals surface area contributed by atoms with E-state index in [4.69, 9.17) is 9.15 Å². The van der Waals surface area contributed by atoms with Crippen molar-refractivity contribution in [1.29, 1.82) is 0 Å². The Hall–Kier alpha value is -2.82. The number of carbonyl (C=O) groups excluding carboxylic acids is 1. The molecule has 0 saturated heterocycles. The third-order valence-electron chi connectivity index (χ3n) is 3.72. The molecule has 2 heterocycles. The number of nitrogens with one attached hydrogen (secondary N) is 1. The van der Waals surface area contributed by atoms with Crippen LogP contribution in [0.15, 0.2) is 53.3 Å². The standard InChI is InChI=1S/C18H18N2O3/c1-12(16-5-3-4-8-19-16)20-18(21)9-13-11-23-17-10-14(22-2)6-7-15(13)17/h3-8,10-12H,9H2,1-2H3,(H,20,21)/t12-/m0/s1. The number of benzene rings is 1. The Morgan fingerprint density at radius 3 is 2.96 bits per heavy atom. The first-order valence-corrected chi connectivity index (χ1v) is 7.42. The number of fused-ring (bicyclic) bond motifs is 1. The van der Waals surface area contributed by atoms with E-state index in [9.17, 15) is 4.79 Å². The molecule has 0 bridgehead atoms. The number of rotatable bonds is 5. The quantitative estimate of drug-likeness (QED) is 0.785. The van der Waals surface area contributed by atoms with Crippen molar-refractivity contribution < 1.29 is 13.9 Å². The van der Waals surface area contributed by atoms with Gasteiger partial charge in [0.25, 0.3) is 0 Å². The van der Waals surface area contributed by atoms with Gasteiger partial charge in [-0.05, 0) is 31.2 Å². The van der Waals surface area contributed by atoms with Crippen molar-refractivity contribution in [2.24, 2.45) is 0 Å². The molecule has 5 nitrogen and oxygen atoms in total. The van der Waals surface area contributed by atoms with E-state index in [-0.39, 0.29) is 18.4 Å². The monoisotopic (exact) mass is 310 g/mol. The van der Waals surface area contributed by atoms with Crippen LogP contribution in [0.1, 0.15) is 24.2 Å². The van der Waals surface area contributed by atoms with Crippen LogP contribution in [0.25, 0.3) is 11.0 Å². The Bertz CT molecular complexity index is 812. The number of pyridine rings is 1. The third-order valence-corrected chi connectivity index (χ3v) is 3.72. The molecule has 5 heteroatoms. The van der Waals surface area contributed by atoms with Gasteiger partial charge in [0.2, 0.25) is 5.91 Å². The fourth-order valence-corrected chi connectivity index (χ4v) is 2.50. The SMILES string of the molecule is COc1ccc2c(CC(=O)N[C@@H](C)c3ccccn3)coc2c1. The van der Waals surface area contributed by atoms with Gasteiger partial charge in [-0.3, -0.25) is 9.78 Å². The number of aromatic nitrogens is 1. The molecule has 1 atom stereocenters. The highest BCUT2D eigenvalue weighted by atomic mass is 16.5. The van der Waals surface area contributed by atoms with Crippen LogP contribution in [0.5, 0.6) is 5.75 Å². The first-order valence-electron chi connectivity index (χ1n) is 7.42. The summed E-state index contributed by atoms with van der Waals surface area (Å²) in [6.07, 6.45) is 3.60. The molecule has 1 N–H and O–H groups in total. The Balaban J connectivity index is 1.71.